The Morgan fingerprint density at radius 2 is 2.06 bits per heavy atom. The Kier molecular flexibility index (Phi) is 2.76. The van der Waals surface area contributed by atoms with Crippen LogP contribution in [0.1, 0.15) is 19.4 Å². The molecular weight excluding hydrogens is 198 g/mol. The van der Waals surface area contributed by atoms with Gasteiger partial charge in [0.25, 0.3) is 0 Å². The van der Waals surface area contributed by atoms with E-state index in [1.54, 1.807) is 6.07 Å². The quantitative estimate of drug-likeness (QED) is 0.782. The van der Waals surface area contributed by atoms with Crippen molar-refractivity contribution in [2.45, 2.75) is 13.8 Å². The zero-order valence-electron chi connectivity index (χ0n) is 10.2. The van der Waals surface area contributed by atoms with Crippen LogP contribution < -0.4 is 0 Å². The summed E-state index contributed by atoms with van der Waals surface area (Å²) in [6.07, 6.45) is 2.26. The Morgan fingerprint density at radius 1 is 1.31 bits per heavy atom. The van der Waals surface area contributed by atoms with Crippen molar-refractivity contribution in [2.24, 2.45) is 5.41 Å². The fourth-order valence-corrected chi connectivity index (χ4v) is 2.53. The first-order chi connectivity index (χ1) is 7.49. The summed E-state index contributed by atoms with van der Waals surface area (Å²) in [6.45, 7) is 6.53. The Bertz CT molecular complexity index is 420. The molecule has 0 amide bonds. The molecule has 1 aliphatic heterocycles. The zero-order valence-corrected chi connectivity index (χ0v) is 10.2. The lowest BCUT2D eigenvalue weighted by Crippen LogP contribution is -2.36. The molecule has 0 aliphatic carbocycles. The topological polar surface area (TPSA) is 23.5 Å². The fraction of sp³-hybridized carbons (Fsp3) is 0.429. The van der Waals surface area contributed by atoms with Crippen LogP contribution in [0.2, 0.25) is 0 Å². The molecular formula is C14H19NO. The molecule has 0 spiro atoms. The van der Waals surface area contributed by atoms with Gasteiger partial charge in [-0.15, -0.1) is 0 Å². The summed E-state index contributed by atoms with van der Waals surface area (Å²) in [5, 5.41) is 9.53. The molecule has 1 aliphatic rings. The number of aromatic hydroxyl groups is 1. The van der Waals surface area contributed by atoms with Crippen molar-refractivity contribution in [3.05, 3.63) is 35.9 Å². The van der Waals surface area contributed by atoms with Crippen LogP contribution in [0.4, 0.5) is 0 Å². The molecule has 1 aromatic rings. The van der Waals surface area contributed by atoms with Gasteiger partial charge in [0.15, 0.2) is 0 Å². The molecule has 86 valence electrons. The van der Waals surface area contributed by atoms with Crippen LogP contribution in [0.15, 0.2) is 30.3 Å². The second-order valence-electron chi connectivity index (χ2n) is 5.25. The molecule has 0 fully saturated rings. The van der Waals surface area contributed by atoms with Gasteiger partial charge in [-0.2, -0.15) is 0 Å². The molecule has 0 unspecified atom stereocenters. The van der Waals surface area contributed by atoms with Crippen LogP contribution in [-0.4, -0.2) is 30.1 Å². The fourth-order valence-electron chi connectivity index (χ4n) is 2.53. The highest BCUT2D eigenvalue weighted by atomic mass is 16.3. The second-order valence-corrected chi connectivity index (χ2v) is 5.25. The van der Waals surface area contributed by atoms with E-state index < -0.39 is 0 Å². The molecule has 0 atom stereocenters. The van der Waals surface area contributed by atoms with Gasteiger partial charge in [0, 0.05) is 18.5 Å². The molecule has 0 bridgehead atoms. The highest BCUT2D eigenvalue weighted by Gasteiger charge is 2.29. The predicted molar refractivity (Wildman–Crippen MR) is 67.4 cm³/mol. The highest BCUT2D eigenvalue weighted by Crippen LogP contribution is 2.38. The van der Waals surface area contributed by atoms with Gasteiger partial charge in [0.2, 0.25) is 0 Å². The normalized spacial score (nSPS) is 20.6. The first-order valence-electron chi connectivity index (χ1n) is 5.68. The number of hydrogen-bond acceptors (Lipinski definition) is 2. The Morgan fingerprint density at radius 3 is 2.69 bits per heavy atom. The van der Waals surface area contributed by atoms with Gasteiger partial charge in [0.1, 0.15) is 5.75 Å². The number of nitrogens with zero attached hydrogens (tertiary/aromatic N) is 1. The maximum absolute atomic E-state index is 9.53. The maximum atomic E-state index is 9.53. The molecule has 0 radical (unpaired) electrons. The molecule has 2 heteroatoms. The molecule has 0 saturated carbocycles. The second kappa shape index (κ2) is 3.95. The van der Waals surface area contributed by atoms with E-state index in [1.165, 1.54) is 5.57 Å². The first-order valence-corrected chi connectivity index (χ1v) is 5.68. The van der Waals surface area contributed by atoms with E-state index >= 15 is 0 Å². The van der Waals surface area contributed by atoms with Gasteiger partial charge in [-0.05, 0) is 30.3 Å². The van der Waals surface area contributed by atoms with Crippen LogP contribution >= 0.6 is 0 Å². The van der Waals surface area contributed by atoms with Crippen molar-refractivity contribution in [1.29, 1.82) is 0 Å². The van der Waals surface area contributed by atoms with Gasteiger partial charge in [-0.3, -0.25) is 0 Å². The third-order valence-electron chi connectivity index (χ3n) is 3.16. The minimum absolute atomic E-state index is 0.140. The average Bonchev–Trinajstić information content (AvgIpc) is 2.15. The van der Waals surface area contributed by atoms with Gasteiger partial charge in [0.05, 0.1) is 0 Å². The lowest BCUT2D eigenvalue weighted by Gasteiger charge is -2.37. The first kappa shape index (κ1) is 11.2. The lowest BCUT2D eigenvalue weighted by atomic mass is 9.77. The SMILES string of the molecule is CN1CC=C(c2cccc(O)c2)C(C)(C)C1. The number of phenolic OH excluding ortho intramolecular Hbond substituents is 1. The summed E-state index contributed by atoms with van der Waals surface area (Å²) in [6, 6.07) is 7.53. The number of rotatable bonds is 1. The summed E-state index contributed by atoms with van der Waals surface area (Å²) < 4.78 is 0. The van der Waals surface area contributed by atoms with E-state index in [4.69, 9.17) is 0 Å². The standard InChI is InChI=1S/C14H19NO/c1-14(2)10-15(3)8-7-13(14)11-5-4-6-12(16)9-11/h4-7,9,16H,8,10H2,1-3H3. The highest BCUT2D eigenvalue weighted by molar-refractivity contribution is 5.71. The number of phenols is 1. The molecule has 2 nitrogen and oxygen atoms in total. The van der Waals surface area contributed by atoms with Crippen molar-refractivity contribution >= 4 is 5.57 Å². The maximum Gasteiger partial charge on any atom is 0.116 e. The molecule has 1 N–H and O–H groups in total. The van der Waals surface area contributed by atoms with Crippen molar-refractivity contribution in [3.63, 3.8) is 0 Å². The number of hydrogen-bond donors (Lipinski definition) is 1. The van der Waals surface area contributed by atoms with Crippen LogP contribution in [0.3, 0.4) is 0 Å². The van der Waals surface area contributed by atoms with Gasteiger partial charge >= 0.3 is 0 Å². The Balaban J connectivity index is 2.40. The van der Waals surface area contributed by atoms with Crippen molar-refractivity contribution in [3.8, 4) is 5.75 Å². The van der Waals surface area contributed by atoms with Crippen molar-refractivity contribution < 1.29 is 5.11 Å². The monoisotopic (exact) mass is 217 g/mol. The predicted octanol–water partition coefficient (Wildman–Crippen LogP) is 2.75. The van der Waals surface area contributed by atoms with E-state index in [9.17, 15) is 5.11 Å². The van der Waals surface area contributed by atoms with Crippen LogP contribution in [0.25, 0.3) is 5.57 Å². The largest absolute Gasteiger partial charge is 0.508 e. The van der Waals surface area contributed by atoms with E-state index in [2.05, 4.69) is 37.9 Å². The van der Waals surface area contributed by atoms with Gasteiger partial charge in [-0.1, -0.05) is 32.1 Å². The Labute approximate surface area is 97.2 Å². The summed E-state index contributed by atoms with van der Waals surface area (Å²) >= 11 is 0. The lowest BCUT2D eigenvalue weighted by molar-refractivity contribution is 0.264. The minimum atomic E-state index is 0.140. The van der Waals surface area contributed by atoms with E-state index in [-0.39, 0.29) is 5.41 Å². The summed E-state index contributed by atoms with van der Waals surface area (Å²) in [7, 11) is 2.14. The average molecular weight is 217 g/mol. The van der Waals surface area contributed by atoms with Crippen LogP contribution in [0.5, 0.6) is 5.75 Å². The summed E-state index contributed by atoms with van der Waals surface area (Å²) in [5.74, 6) is 0.341. The third kappa shape index (κ3) is 2.12. The van der Waals surface area contributed by atoms with Crippen LogP contribution in [0, 0.1) is 5.41 Å². The van der Waals surface area contributed by atoms with Crippen LogP contribution in [-0.2, 0) is 0 Å². The van der Waals surface area contributed by atoms with Crippen molar-refractivity contribution in [1.82, 2.24) is 4.90 Å². The molecule has 0 saturated heterocycles. The number of benzene rings is 1. The third-order valence-corrected chi connectivity index (χ3v) is 3.16. The smallest absolute Gasteiger partial charge is 0.116 e. The zero-order chi connectivity index (χ0) is 11.8. The molecule has 1 heterocycles. The van der Waals surface area contributed by atoms with E-state index in [1.807, 2.05) is 12.1 Å². The van der Waals surface area contributed by atoms with Crippen molar-refractivity contribution in [2.75, 3.05) is 20.1 Å². The van der Waals surface area contributed by atoms with Gasteiger partial charge < -0.3 is 10.0 Å². The van der Waals surface area contributed by atoms with E-state index in [0.717, 1.165) is 18.7 Å². The number of likely N-dealkylation sites (N-methyl/N-ethyl adjacent to an activating group) is 1. The molecule has 0 aromatic heterocycles. The summed E-state index contributed by atoms with van der Waals surface area (Å²) in [4.78, 5) is 2.31. The minimum Gasteiger partial charge on any atom is -0.508 e. The van der Waals surface area contributed by atoms with Gasteiger partial charge in [-0.25, -0.2) is 0 Å². The Hall–Kier alpha value is -1.28. The molecule has 16 heavy (non-hydrogen) atoms. The molecule has 1 aromatic carbocycles. The van der Waals surface area contributed by atoms with E-state index in [0.29, 0.717) is 5.75 Å². The summed E-state index contributed by atoms with van der Waals surface area (Å²) in [5.41, 5.74) is 2.61. The molecule has 2 rings (SSSR count).